The van der Waals surface area contributed by atoms with Gasteiger partial charge in [-0.05, 0) is 90.6 Å². The third-order valence-corrected chi connectivity index (χ3v) is 5.21. The highest BCUT2D eigenvalue weighted by Gasteiger charge is 2.11. The topological polar surface area (TPSA) is 86.2 Å². The zero-order valence-corrected chi connectivity index (χ0v) is 21.1. The number of amides is 1. The van der Waals surface area contributed by atoms with Crippen LogP contribution in [0.15, 0.2) is 71.8 Å². The van der Waals surface area contributed by atoms with Gasteiger partial charge in [0.05, 0.1) is 18.4 Å². The zero-order chi connectivity index (χ0) is 25.9. The van der Waals surface area contributed by atoms with Crippen LogP contribution in [0.5, 0.6) is 17.2 Å². The summed E-state index contributed by atoms with van der Waals surface area (Å²) in [6.45, 7) is 8.66. The fourth-order valence-electron chi connectivity index (χ4n) is 3.29. The molecule has 3 aromatic carbocycles. The Morgan fingerprint density at radius 1 is 0.944 bits per heavy atom. The van der Waals surface area contributed by atoms with Crippen LogP contribution in [0.3, 0.4) is 0 Å². The molecule has 0 bridgehead atoms. The van der Waals surface area contributed by atoms with Crippen molar-refractivity contribution in [3.8, 4) is 17.2 Å². The van der Waals surface area contributed by atoms with Gasteiger partial charge in [-0.3, -0.25) is 4.79 Å². The van der Waals surface area contributed by atoms with Crippen LogP contribution in [0.1, 0.15) is 60.2 Å². The van der Waals surface area contributed by atoms with E-state index in [0.29, 0.717) is 29.4 Å². The molecule has 0 saturated heterocycles. The minimum absolute atomic E-state index is 0.138. The molecule has 188 valence electrons. The third-order valence-electron chi connectivity index (χ3n) is 5.21. The van der Waals surface area contributed by atoms with Crippen LogP contribution in [-0.2, 0) is 4.79 Å². The summed E-state index contributed by atoms with van der Waals surface area (Å²) in [5.41, 5.74) is 5.74. The van der Waals surface area contributed by atoms with Gasteiger partial charge in [-0.15, -0.1) is 0 Å². The van der Waals surface area contributed by atoms with Gasteiger partial charge in [0.2, 0.25) is 0 Å². The summed E-state index contributed by atoms with van der Waals surface area (Å²) >= 11 is 0. The van der Waals surface area contributed by atoms with Crippen LogP contribution >= 0.6 is 0 Å². The van der Waals surface area contributed by atoms with Crippen molar-refractivity contribution in [2.75, 3.05) is 13.2 Å². The maximum absolute atomic E-state index is 12.4. The molecular formula is C29H32N2O5. The summed E-state index contributed by atoms with van der Waals surface area (Å²) in [7, 11) is 0. The molecule has 0 aliphatic carbocycles. The number of aryl methyl sites for hydroxylation is 1. The van der Waals surface area contributed by atoms with Crippen molar-refractivity contribution in [2.24, 2.45) is 5.10 Å². The van der Waals surface area contributed by atoms with E-state index in [4.69, 9.17) is 14.2 Å². The number of hydrogen-bond donors (Lipinski definition) is 1. The Morgan fingerprint density at radius 2 is 1.64 bits per heavy atom. The van der Waals surface area contributed by atoms with Gasteiger partial charge in [0.1, 0.15) is 17.2 Å². The average molecular weight is 489 g/mol. The fourth-order valence-corrected chi connectivity index (χ4v) is 3.29. The van der Waals surface area contributed by atoms with E-state index in [1.807, 2.05) is 32.0 Å². The SMILES string of the molecule is CCCOc1ccc(C(=O)Oc2ccc(/C=N\NC(=O)COc3cc(C)ccc3C(C)C)cc2)cc1. The second-order valence-corrected chi connectivity index (χ2v) is 8.61. The lowest BCUT2D eigenvalue weighted by Gasteiger charge is -2.14. The number of benzene rings is 3. The Balaban J connectivity index is 1.47. The van der Waals surface area contributed by atoms with Gasteiger partial charge in [-0.25, -0.2) is 10.2 Å². The second kappa shape index (κ2) is 13.1. The molecule has 7 nitrogen and oxygen atoms in total. The first kappa shape index (κ1) is 26.5. The van der Waals surface area contributed by atoms with Crippen LogP contribution in [0.4, 0.5) is 0 Å². The Kier molecular flexibility index (Phi) is 9.63. The largest absolute Gasteiger partial charge is 0.494 e. The average Bonchev–Trinajstić information content (AvgIpc) is 2.87. The molecule has 0 atom stereocenters. The lowest BCUT2D eigenvalue weighted by molar-refractivity contribution is -0.123. The first-order valence-electron chi connectivity index (χ1n) is 12.0. The lowest BCUT2D eigenvalue weighted by atomic mass is 10.0. The Labute approximate surface area is 212 Å². The van der Waals surface area contributed by atoms with Crippen LogP contribution in [0.25, 0.3) is 0 Å². The van der Waals surface area contributed by atoms with Crippen molar-refractivity contribution in [3.63, 3.8) is 0 Å². The lowest BCUT2D eigenvalue weighted by Crippen LogP contribution is -2.25. The molecule has 3 rings (SSSR count). The van der Waals surface area contributed by atoms with Gasteiger partial charge < -0.3 is 14.2 Å². The molecule has 1 N–H and O–H groups in total. The molecule has 1 amide bonds. The van der Waals surface area contributed by atoms with E-state index < -0.39 is 5.97 Å². The molecule has 0 aliphatic heterocycles. The number of nitrogens with one attached hydrogen (secondary N) is 1. The van der Waals surface area contributed by atoms with Gasteiger partial charge in [-0.2, -0.15) is 5.10 Å². The van der Waals surface area contributed by atoms with Gasteiger partial charge >= 0.3 is 5.97 Å². The molecule has 0 radical (unpaired) electrons. The first-order chi connectivity index (χ1) is 17.4. The highest BCUT2D eigenvalue weighted by Crippen LogP contribution is 2.27. The molecule has 0 spiro atoms. The third kappa shape index (κ3) is 7.98. The number of hydrazone groups is 1. The summed E-state index contributed by atoms with van der Waals surface area (Å²) in [5, 5.41) is 3.97. The van der Waals surface area contributed by atoms with E-state index in [9.17, 15) is 9.59 Å². The summed E-state index contributed by atoms with van der Waals surface area (Å²) < 4.78 is 16.7. The number of carbonyl (C=O) groups excluding carboxylic acids is 2. The highest BCUT2D eigenvalue weighted by atomic mass is 16.5. The van der Waals surface area contributed by atoms with Crippen molar-refractivity contribution < 1.29 is 23.8 Å². The van der Waals surface area contributed by atoms with Crippen molar-refractivity contribution in [1.82, 2.24) is 5.43 Å². The minimum atomic E-state index is -0.458. The standard InChI is InChI=1S/C29H32N2O5/c1-5-16-34-24-13-9-23(10-14-24)29(33)36-25-11-7-22(8-12-25)18-30-31-28(32)19-35-27-17-21(4)6-15-26(27)20(2)3/h6-15,17-18,20H,5,16,19H2,1-4H3,(H,31,32)/b30-18-. The Bertz CT molecular complexity index is 1190. The molecule has 36 heavy (non-hydrogen) atoms. The van der Waals surface area contributed by atoms with Crippen molar-refractivity contribution in [2.45, 2.75) is 40.0 Å². The van der Waals surface area contributed by atoms with E-state index in [1.165, 1.54) is 6.21 Å². The van der Waals surface area contributed by atoms with Crippen LogP contribution < -0.4 is 19.6 Å². The van der Waals surface area contributed by atoms with Gasteiger partial charge in [0.25, 0.3) is 5.91 Å². The number of ether oxygens (including phenoxy) is 3. The summed E-state index contributed by atoms with van der Waals surface area (Å²) in [6.07, 6.45) is 2.42. The van der Waals surface area contributed by atoms with Crippen molar-refractivity contribution in [3.05, 3.63) is 89.0 Å². The second-order valence-electron chi connectivity index (χ2n) is 8.61. The van der Waals surface area contributed by atoms with Crippen LogP contribution in [-0.4, -0.2) is 31.3 Å². The Morgan fingerprint density at radius 3 is 2.31 bits per heavy atom. The minimum Gasteiger partial charge on any atom is -0.494 e. The van der Waals surface area contributed by atoms with Gasteiger partial charge in [-0.1, -0.05) is 32.9 Å². The summed E-state index contributed by atoms with van der Waals surface area (Å²) in [5.74, 6) is 1.29. The smallest absolute Gasteiger partial charge is 0.343 e. The molecule has 3 aromatic rings. The summed E-state index contributed by atoms with van der Waals surface area (Å²) in [4.78, 5) is 24.5. The summed E-state index contributed by atoms with van der Waals surface area (Å²) in [6, 6.07) is 19.6. The maximum Gasteiger partial charge on any atom is 0.343 e. The molecule has 0 heterocycles. The van der Waals surface area contributed by atoms with Gasteiger partial charge in [0.15, 0.2) is 6.61 Å². The molecule has 7 heteroatoms. The number of esters is 1. The van der Waals surface area contributed by atoms with E-state index in [0.717, 1.165) is 23.1 Å². The predicted molar refractivity (Wildman–Crippen MR) is 140 cm³/mol. The normalized spacial score (nSPS) is 10.9. The van der Waals surface area contributed by atoms with Gasteiger partial charge in [0, 0.05) is 0 Å². The highest BCUT2D eigenvalue weighted by molar-refractivity contribution is 5.91. The monoisotopic (exact) mass is 488 g/mol. The molecule has 0 aliphatic rings. The molecule has 0 aromatic heterocycles. The number of rotatable bonds is 11. The van der Waals surface area contributed by atoms with Crippen molar-refractivity contribution >= 4 is 18.1 Å². The molecule has 0 fully saturated rings. The van der Waals surface area contributed by atoms with E-state index in [2.05, 4.69) is 24.4 Å². The fraction of sp³-hybridized carbons (Fsp3) is 0.276. The van der Waals surface area contributed by atoms with Crippen LogP contribution in [0.2, 0.25) is 0 Å². The molecule has 0 unspecified atom stereocenters. The quantitative estimate of drug-likeness (QED) is 0.163. The molecular weight excluding hydrogens is 456 g/mol. The maximum atomic E-state index is 12.4. The number of nitrogens with zero attached hydrogens (tertiary/aromatic N) is 1. The predicted octanol–water partition coefficient (Wildman–Crippen LogP) is 5.66. The zero-order valence-electron chi connectivity index (χ0n) is 21.1. The number of hydrogen-bond acceptors (Lipinski definition) is 6. The van der Waals surface area contributed by atoms with Crippen LogP contribution in [0, 0.1) is 6.92 Å². The van der Waals surface area contributed by atoms with E-state index in [-0.39, 0.29) is 18.4 Å². The molecule has 0 saturated carbocycles. The van der Waals surface area contributed by atoms with E-state index >= 15 is 0 Å². The number of carbonyl (C=O) groups is 2. The van der Waals surface area contributed by atoms with Crippen molar-refractivity contribution in [1.29, 1.82) is 0 Å². The Hall–Kier alpha value is -4.13. The first-order valence-corrected chi connectivity index (χ1v) is 12.0. The van der Waals surface area contributed by atoms with E-state index in [1.54, 1.807) is 48.5 Å².